The quantitative estimate of drug-likeness (QED) is 0.264. The highest BCUT2D eigenvalue weighted by atomic mass is 32.2. The monoisotopic (exact) mass is 607 g/mol. The van der Waals surface area contributed by atoms with Gasteiger partial charge in [-0.15, -0.1) is 5.10 Å². The van der Waals surface area contributed by atoms with Crippen LogP contribution in [0, 0.1) is 11.3 Å². The van der Waals surface area contributed by atoms with Gasteiger partial charge in [-0.05, 0) is 24.3 Å². The second-order valence-corrected chi connectivity index (χ2v) is 11.1. The Hall–Kier alpha value is -4.56. The van der Waals surface area contributed by atoms with Crippen LogP contribution in [0.4, 0.5) is 5.69 Å². The molecule has 17 heteroatoms. The predicted octanol–water partition coefficient (Wildman–Crippen LogP) is 0.372. The Bertz CT molecular complexity index is 1470. The van der Waals surface area contributed by atoms with Crippen molar-refractivity contribution in [1.29, 1.82) is 5.26 Å². The van der Waals surface area contributed by atoms with E-state index in [0.29, 0.717) is 5.56 Å². The van der Waals surface area contributed by atoms with Gasteiger partial charge in [-0.3, -0.25) is 23.5 Å². The Morgan fingerprint density at radius 1 is 0.952 bits per heavy atom. The van der Waals surface area contributed by atoms with Crippen LogP contribution in [0.5, 0.6) is 0 Å². The number of nitriles is 1. The van der Waals surface area contributed by atoms with E-state index in [4.69, 9.17) is 28.9 Å². The fourth-order valence-corrected chi connectivity index (χ4v) is 5.05. The topological polar surface area (TPSA) is 206 Å². The summed E-state index contributed by atoms with van der Waals surface area (Å²) >= 11 is 0. The van der Waals surface area contributed by atoms with E-state index in [1.165, 1.54) is 30.5 Å². The molecule has 1 aromatic carbocycles. The second kappa shape index (κ2) is 13.4. The normalized spacial score (nSPS) is 21.9. The van der Waals surface area contributed by atoms with E-state index in [1.807, 2.05) is 6.07 Å². The molecule has 42 heavy (non-hydrogen) atoms. The SMILES string of the molecule is CC(=O)OC[C@H]1O[C@@H](n2cc(CN(c3ccc(C#N)cc3)S(C)(=O)=O)nn2)[C@H](OC(C)=O)[C@@H](OC(C)=O)[C@H]1OC(C)=O. The summed E-state index contributed by atoms with van der Waals surface area (Å²) in [5.41, 5.74) is 0.734. The van der Waals surface area contributed by atoms with E-state index in [2.05, 4.69) is 10.3 Å². The van der Waals surface area contributed by atoms with E-state index in [9.17, 15) is 27.6 Å². The number of hydrogen-bond donors (Lipinski definition) is 0. The van der Waals surface area contributed by atoms with Gasteiger partial charge in [-0.2, -0.15) is 5.26 Å². The maximum atomic E-state index is 12.6. The van der Waals surface area contributed by atoms with Crippen LogP contribution in [0.15, 0.2) is 30.5 Å². The summed E-state index contributed by atoms with van der Waals surface area (Å²) in [6.45, 7) is 3.73. The van der Waals surface area contributed by atoms with Crippen LogP contribution in [-0.4, -0.2) is 84.6 Å². The van der Waals surface area contributed by atoms with E-state index in [-0.39, 0.29) is 17.9 Å². The summed E-state index contributed by atoms with van der Waals surface area (Å²) in [5, 5.41) is 17.1. The number of rotatable bonds is 10. The zero-order chi connectivity index (χ0) is 31.2. The first kappa shape index (κ1) is 32.0. The molecule has 0 aliphatic carbocycles. The lowest BCUT2D eigenvalue weighted by atomic mass is 9.97. The fourth-order valence-electron chi connectivity index (χ4n) is 4.18. The minimum absolute atomic E-state index is 0.137. The Kier molecular flexibility index (Phi) is 10.2. The highest BCUT2D eigenvalue weighted by Crippen LogP contribution is 2.34. The molecular formula is C25H29N5O11S. The van der Waals surface area contributed by atoms with E-state index >= 15 is 0 Å². The summed E-state index contributed by atoms with van der Waals surface area (Å²) in [6, 6.07) is 7.80. The van der Waals surface area contributed by atoms with Crippen molar-refractivity contribution in [3.05, 3.63) is 41.7 Å². The van der Waals surface area contributed by atoms with Crippen LogP contribution in [0.2, 0.25) is 0 Å². The second-order valence-electron chi connectivity index (χ2n) is 9.21. The van der Waals surface area contributed by atoms with Crippen molar-refractivity contribution in [2.75, 3.05) is 17.2 Å². The highest BCUT2D eigenvalue weighted by molar-refractivity contribution is 7.92. The molecule has 16 nitrogen and oxygen atoms in total. The molecule has 1 aromatic heterocycles. The predicted molar refractivity (Wildman–Crippen MR) is 139 cm³/mol. The molecule has 2 aromatic rings. The van der Waals surface area contributed by atoms with Crippen molar-refractivity contribution >= 4 is 39.6 Å². The van der Waals surface area contributed by atoms with Gasteiger partial charge in [0.1, 0.15) is 18.4 Å². The van der Waals surface area contributed by atoms with Crippen molar-refractivity contribution in [2.24, 2.45) is 0 Å². The number of sulfonamides is 1. The smallest absolute Gasteiger partial charge is 0.303 e. The third-order valence-corrected chi connectivity index (χ3v) is 6.92. The number of aromatic nitrogens is 3. The van der Waals surface area contributed by atoms with Gasteiger partial charge in [0.25, 0.3) is 0 Å². The van der Waals surface area contributed by atoms with Crippen molar-refractivity contribution in [3.63, 3.8) is 0 Å². The van der Waals surface area contributed by atoms with Crippen LogP contribution in [-0.2, 0) is 59.4 Å². The lowest BCUT2D eigenvalue weighted by Crippen LogP contribution is -2.60. The number of benzene rings is 1. The largest absolute Gasteiger partial charge is 0.463 e. The molecular weight excluding hydrogens is 578 g/mol. The number of ether oxygens (including phenoxy) is 5. The molecule has 1 fully saturated rings. The van der Waals surface area contributed by atoms with Crippen LogP contribution in [0.1, 0.15) is 45.2 Å². The molecule has 2 heterocycles. The Morgan fingerprint density at radius 2 is 1.52 bits per heavy atom. The third kappa shape index (κ3) is 8.24. The third-order valence-electron chi connectivity index (χ3n) is 5.78. The van der Waals surface area contributed by atoms with Crippen LogP contribution >= 0.6 is 0 Å². The van der Waals surface area contributed by atoms with Gasteiger partial charge >= 0.3 is 23.9 Å². The highest BCUT2D eigenvalue weighted by Gasteiger charge is 2.53. The molecule has 0 radical (unpaired) electrons. The Balaban J connectivity index is 2.02. The van der Waals surface area contributed by atoms with Crippen LogP contribution < -0.4 is 4.31 Å². The summed E-state index contributed by atoms with van der Waals surface area (Å²) in [4.78, 5) is 47.6. The molecule has 3 rings (SSSR count). The van der Waals surface area contributed by atoms with Gasteiger partial charge in [0.05, 0.1) is 36.3 Å². The molecule has 0 unspecified atom stereocenters. The number of anilines is 1. The van der Waals surface area contributed by atoms with Crippen LogP contribution in [0.3, 0.4) is 0 Å². The number of nitrogens with zero attached hydrogens (tertiary/aromatic N) is 5. The van der Waals surface area contributed by atoms with Crippen molar-refractivity contribution in [3.8, 4) is 6.07 Å². The van der Waals surface area contributed by atoms with E-state index in [0.717, 1.165) is 42.9 Å². The maximum Gasteiger partial charge on any atom is 0.303 e. The van der Waals surface area contributed by atoms with Crippen molar-refractivity contribution in [2.45, 2.75) is 64.9 Å². The summed E-state index contributed by atoms with van der Waals surface area (Å²) in [6.07, 6.45) is -4.45. The first-order chi connectivity index (χ1) is 19.7. The minimum Gasteiger partial charge on any atom is -0.463 e. The fraction of sp³-hybridized carbons (Fsp3) is 0.480. The number of carbonyl (C=O) groups is 4. The van der Waals surface area contributed by atoms with Gasteiger partial charge in [0.15, 0.2) is 24.5 Å². The summed E-state index contributed by atoms with van der Waals surface area (Å²) in [5.74, 6) is -3.04. The van der Waals surface area contributed by atoms with Gasteiger partial charge in [-0.1, -0.05) is 5.21 Å². The zero-order valence-electron chi connectivity index (χ0n) is 23.3. The Labute approximate surface area is 241 Å². The Morgan fingerprint density at radius 3 is 2.05 bits per heavy atom. The number of carbonyl (C=O) groups excluding carboxylic acids is 4. The van der Waals surface area contributed by atoms with Crippen molar-refractivity contribution < 1.29 is 51.3 Å². The molecule has 226 valence electrons. The average Bonchev–Trinajstić information content (AvgIpc) is 3.35. The van der Waals surface area contributed by atoms with E-state index in [1.54, 1.807) is 0 Å². The first-order valence-electron chi connectivity index (χ1n) is 12.4. The molecule has 5 atom stereocenters. The number of esters is 4. The van der Waals surface area contributed by atoms with Crippen molar-refractivity contribution in [1.82, 2.24) is 15.0 Å². The summed E-state index contributed by atoms with van der Waals surface area (Å²) < 4.78 is 54.6. The molecule has 0 amide bonds. The molecule has 0 bridgehead atoms. The van der Waals surface area contributed by atoms with Gasteiger partial charge in [-0.25, -0.2) is 13.1 Å². The first-order valence-corrected chi connectivity index (χ1v) is 14.2. The molecule has 1 aliphatic rings. The molecule has 0 saturated carbocycles. The molecule has 1 saturated heterocycles. The number of hydrogen-bond acceptors (Lipinski definition) is 14. The van der Waals surface area contributed by atoms with Gasteiger partial charge < -0.3 is 23.7 Å². The standard InChI is InChI=1S/C25H29N5O11S/c1-14(31)37-13-21-22(38-15(2)32)23(39-16(3)33)24(40-17(4)34)25(41-21)29-11-19(27-28-29)12-30(42(5,35)36)20-8-6-18(10-26)7-9-20/h6-9,11,21-25H,12-13H2,1-5H3/t21-,22+,23+,24-,25-/m1/s1. The molecule has 0 N–H and O–H groups in total. The minimum atomic E-state index is -3.82. The lowest BCUT2D eigenvalue weighted by molar-refractivity contribution is -0.270. The molecule has 0 spiro atoms. The maximum absolute atomic E-state index is 12.6. The zero-order valence-corrected chi connectivity index (χ0v) is 24.1. The van der Waals surface area contributed by atoms with Gasteiger partial charge in [0, 0.05) is 27.7 Å². The average molecular weight is 608 g/mol. The van der Waals surface area contributed by atoms with E-state index < -0.39 is 71.2 Å². The summed E-state index contributed by atoms with van der Waals surface area (Å²) in [7, 11) is -3.82. The van der Waals surface area contributed by atoms with Crippen LogP contribution in [0.25, 0.3) is 0 Å². The molecule has 1 aliphatic heterocycles. The lowest BCUT2D eigenvalue weighted by Gasteiger charge is -2.44. The van der Waals surface area contributed by atoms with Gasteiger partial charge in [0.2, 0.25) is 10.0 Å².